The minimum Gasteiger partial charge on any atom is -0.481 e. The first-order chi connectivity index (χ1) is 13.3. The number of halogens is 3. The summed E-state index contributed by atoms with van der Waals surface area (Å²) in [4.78, 5) is 12.5. The van der Waals surface area contributed by atoms with E-state index in [1.807, 2.05) is 43.3 Å². The molecule has 3 rings (SSSR count). The molecule has 0 saturated carbocycles. The highest BCUT2D eigenvalue weighted by atomic mass is 19.4. The van der Waals surface area contributed by atoms with E-state index in [-0.39, 0.29) is 11.7 Å². The Balaban J connectivity index is 1.65. The average Bonchev–Trinajstić information content (AvgIpc) is 2.66. The Morgan fingerprint density at radius 3 is 2.25 bits per heavy atom. The zero-order chi connectivity index (χ0) is 20.1. The Kier molecular flexibility index (Phi) is 5.73. The second kappa shape index (κ2) is 8.21. The summed E-state index contributed by atoms with van der Waals surface area (Å²) in [6.45, 7) is 1.81. The zero-order valence-electron chi connectivity index (χ0n) is 15.0. The van der Waals surface area contributed by atoms with Crippen molar-refractivity contribution in [2.24, 2.45) is 0 Å². The number of anilines is 1. The van der Waals surface area contributed by atoms with Crippen LogP contribution in [0.15, 0.2) is 66.7 Å². The first-order valence-corrected chi connectivity index (χ1v) is 8.66. The van der Waals surface area contributed by atoms with Crippen molar-refractivity contribution in [2.75, 3.05) is 5.32 Å². The van der Waals surface area contributed by atoms with Crippen LogP contribution in [0, 0.1) is 0 Å². The van der Waals surface area contributed by atoms with Crippen LogP contribution in [0.3, 0.4) is 0 Å². The number of amides is 1. The Bertz CT molecular complexity index is 955. The van der Waals surface area contributed by atoms with Crippen molar-refractivity contribution in [1.29, 1.82) is 0 Å². The molecule has 146 valence electrons. The third-order valence-electron chi connectivity index (χ3n) is 4.02. The molecular formula is C21H18F3NO3. The molecule has 1 atom stereocenters. The van der Waals surface area contributed by atoms with Crippen LogP contribution >= 0.6 is 0 Å². The second-order valence-corrected chi connectivity index (χ2v) is 6.09. The molecule has 28 heavy (non-hydrogen) atoms. The van der Waals surface area contributed by atoms with Gasteiger partial charge in [0.2, 0.25) is 0 Å². The lowest BCUT2D eigenvalue weighted by Crippen LogP contribution is -2.32. The Morgan fingerprint density at radius 1 is 0.964 bits per heavy atom. The minimum atomic E-state index is -4.76. The van der Waals surface area contributed by atoms with E-state index >= 15 is 0 Å². The van der Waals surface area contributed by atoms with Crippen molar-refractivity contribution in [1.82, 2.24) is 0 Å². The third-order valence-corrected chi connectivity index (χ3v) is 4.02. The SMILES string of the molecule is CC[C@@H](Oc1ccc2ccccc2c1)C(=O)Nc1ccc(OC(F)(F)F)cc1. The van der Waals surface area contributed by atoms with Crippen molar-refractivity contribution in [3.63, 3.8) is 0 Å². The molecular weight excluding hydrogens is 371 g/mol. The Hall–Kier alpha value is -3.22. The maximum absolute atomic E-state index is 12.5. The molecule has 7 heteroatoms. The van der Waals surface area contributed by atoms with Gasteiger partial charge in [0.1, 0.15) is 11.5 Å². The second-order valence-electron chi connectivity index (χ2n) is 6.09. The number of nitrogens with one attached hydrogen (secondary N) is 1. The van der Waals surface area contributed by atoms with Crippen molar-refractivity contribution in [2.45, 2.75) is 25.8 Å². The highest BCUT2D eigenvalue weighted by molar-refractivity contribution is 5.94. The van der Waals surface area contributed by atoms with Crippen molar-refractivity contribution in [3.8, 4) is 11.5 Å². The number of benzene rings is 3. The summed E-state index contributed by atoms with van der Waals surface area (Å²) in [7, 11) is 0. The molecule has 0 saturated heterocycles. The molecule has 3 aromatic rings. The lowest BCUT2D eigenvalue weighted by atomic mass is 10.1. The molecule has 4 nitrogen and oxygen atoms in total. The van der Waals surface area contributed by atoms with Crippen LogP contribution in [-0.2, 0) is 4.79 Å². The number of hydrogen-bond acceptors (Lipinski definition) is 3. The van der Waals surface area contributed by atoms with E-state index in [1.165, 1.54) is 12.1 Å². The monoisotopic (exact) mass is 389 g/mol. The largest absolute Gasteiger partial charge is 0.573 e. The molecule has 1 amide bonds. The fourth-order valence-corrected chi connectivity index (χ4v) is 2.69. The molecule has 0 heterocycles. The highest BCUT2D eigenvalue weighted by Gasteiger charge is 2.31. The number of fused-ring (bicyclic) bond motifs is 1. The Morgan fingerprint density at radius 2 is 1.61 bits per heavy atom. The minimum absolute atomic E-state index is 0.347. The van der Waals surface area contributed by atoms with Crippen LogP contribution in [-0.4, -0.2) is 18.4 Å². The van der Waals surface area contributed by atoms with Gasteiger partial charge >= 0.3 is 6.36 Å². The van der Waals surface area contributed by atoms with Crippen LogP contribution in [0.2, 0.25) is 0 Å². The molecule has 0 aliphatic rings. The summed E-state index contributed by atoms with van der Waals surface area (Å²) in [5.74, 6) is -0.181. The quantitative estimate of drug-likeness (QED) is 0.603. The summed E-state index contributed by atoms with van der Waals surface area (Å²) in [5.41, 5.74) is 0.347. The molecule has 0 aliphatic heterocycles. The van der Waals surface area contributed by atoms with E-state index in [4.69, 9.17) is 4.74 Å². The van der Waals surface area contributed by atoms with Crippen molar-refractivity contribution < 1.29 is 27.4 Å². The number of carbonyl (C=O) groups is 1. The van der Waals surface area contributed by atoms with Crippen LogP contribution in [0.5, 0.6) is 11.5 Å². The van der Waals surface area contributed by atoms with Crippen LogP contribution in [0.25, 0.3) is 10.8 Å². The molecule has 1 N–H and O–H groups in total. The molecule has 0 fully saturated rings. The lowest BCUT2D eigenvalue weighted by molar-refractivity contribution is -0.274. The van der Waals surface area contributed by atoms with E-state index in [1.54, 1.807) is 6.07 Å². The van der Waals surface area contributed by atoms with Gasteiger partial charge in [-0.25, -0.2) is 0 Å². The molecule has 0 spiro atoms. The zero-order valence-corrected chi connectivity index (χ0v) is 15.0. The Labute approximate surface area is 159 Å². The number of hydrogen-bond donors (Lipinski definition) is 1. The van der Waals surface area contributed by atoms with Gasteiger partial charge in [0.05, 0.1) is 0 Å². The van der Waals surface area contributed by atoms with Crippen LogP contribution < -0.4 is 14.8 Å². The van der Waals surface area contributed by atoms with Gasteiger partial charge < -0.3 is 14.8 Å². The molecule has 0 unspecified atom stereocenters. The molecule has 0 radical (unpaired) electrons. The maximum atomic E-state index is 12.5. The van der Waals surface area contributed by atoms with Gasteiger partial charge in [-0.3, -0.25) is 4.79 Å². The van der Waals surface area contributed by atoms with E-state index < -0.39 is 12.5 Å². The van der Waals surface area contributed by atoms with Gasteiger partial charge in [0, 0.05) is 5.69 Å². The molecule has 3 aromatic carbocycles. The summed E-state index contributed by atoms with van der Waals surface area (Å²) >= 11 is 0. The van der Waals surface area contributed by atoms with Crippen LogP contribution in [0.4, 0.5) is 18.9 Å². The number of alkyl halides is 3. The predicted molar refractivity (Wildman–Crippen MR) is 100 cm³/mol. The summed E-state index contributed by atoms with van der Waals surface area (Å²) in [6, 6.07) is 18.3. The normalized spacial score (nSPS) is 12.4. The van der Waals surface area contributed by atoms with Gasteiger partial charge in [-0.1, -0.05) is 37.3 Å². The fraction of sp³-hybridized carbons (Fsp3) is 0.190. The summed E-state index contributed by atoms with van der Waals surface area (Å²) in [5, 5.41) is 4.70. The van der Waals surface area contributed by atoms with Crippen molar-refractivity contribution >= 4 is 22.4 Å². The number of carbonyl (C=O) groups excluding carboxylic acids is 1. The van der Waals surface area contributed by atoms with E-state index in [0.717, 1.165) is 22.9 Å². The van der Waals surface area contributed by atoms with Gasteiger partial charge in [0.25, 0.3) is 5.91 Å². The first kappa shape index (κ1) is 19.5. The maximum Gasteiger partial charge on any atom is 0.573 e. The smallest absolute Gasteiger partial charge is 0.481 e. The number of ether oxygens (including phenoxy) is 2. The van der Waals surface area contributed by atoms with E-state index in [0.29, 0.717) is 17.9 Å². The number of rotatable bonds is 6. The fourth-order valence-electron chi connectivity index (χ4n) is 2.69. The topological polar surface area (TPSA) is 47.6 Å². The van der Waals surface area contributed by atoms with Gasteiger partial charge in [-0.2, -0.15) is 0 Å². The summed E-state index contributed by atoms with van der Waals surface area (Å²) in [6.07, 6.45) is -5.08. The molecule has 0 aliphatic carbocycles. The first-order valence-electron chi connectivity index (χ1n) is 8.66. The third kappa shape index (κ3) is 5.16. The van der Waals surface area contributed by atoms with Crippen LogP contribution in [0.1, 0.15) is 13.3 Å². The highest BCUT2D eigenvalue weighted by Crippen LogP contribution is 2.25. The molecule has 0 bridgehead atoms. The lowest BCUT2D eigenvalue weighted by Gasteiger charge is -2.18. The molecule has 0 aromatic heterocycles. The van der Waals surface area contributed by atoms with Gasteiger partial charge in [0.15, 0.2) is 6.10 Å². The van der Waals surface area contributed by atoms with E-state index in [9.17, 15) is 18.0 Å². The summed E-state index contributed by atoms with van der Waals surface area (Å²) < 4.78 is 46.2. The standard InChI is InChI=1S/C21H18F3NO3/c1-2-19(27-18-10-7-14-5-3-4-6-15(14)13-18)20(26)25-16-8-11-17(12-9-16)28-21(22,23)24/h3-13,19H,2H2,1H3,(H,25,26)/t19-/m1/s1. The predicted octanol–water partition coefficient (Wildman–Crippen LogP) is 5.53. The van der Waals surface area contributed by atoms with E-state index in [2.05, 4.69) is 10.1 Å². The van der Waals surface area contributed by atoms with Crippen molar-refractivity contribution in [3.05, 3.63) is 66.7 Å². The average molecular weight is 389 g/mol. The van der Waals surface area contributed by atoms with Gasteiger partial charge in [-0.15, -0.1) is 13.2 Å². The van der Waals surface area contributed by atoms with Gasteiger partial charge in [-0.05, 0) is 53.6 Å².